The quantitative estimate of drug-likeness (QED) is 0.920. The van der Waals surface area contributed by atoms with Crippen LogP contribution in [0.15, 0.2) is 24.3 Å². The lowest BCUT2D eigenvalue weighted by Gasteiger charge is -2.35. The zero-order valence-corrected chi connectivity index (χ0v) is 13.5. The van der Waals surface area contributed by atoms with Gasteiger partial charge in [0.1, 0.15) is 5.82 Å². The van der Waals surface area contributed by atoms with Crippen LogP contribution in [-0.2, 0) is 9.53 Å². The number of carbonyl (C=O) groups is 2. The van der Waals surface area contributed by atoms with Crippen LogP contribution in [0.3, 0.4) is 0 Å². The van der Waals surface area contributed by atoms with E-state index in [-0.39, 0.29) is 23.9 Å². The maximum atomic E-state index is 12.9. The molecule has 2 aliphatic heterocycles. The number of benzene rings is 1. The number of ether oxygens (including phenoxy) is 1. The van der Waals surface area contributed by atoms with Gasteiger partial charge in [0.2, 0.25) is 5.91 Å². The summed E-state index contributed by atoms with van der Waals surface area (Å²) in [5.41, 5.74) is 0.554. The Labute approximate surface area is 140 Å². The van der Waals surface area contributed by atoms with Crippen molar-refractivity contribution < 1.29 is 18.7 Å². The second-order valence-electron chi connectivity index (χ2n) is 6.14. The topological polar surface area (TPSA) is 61.9 Å². The van der Waals surface area contributed by atoms with Gasteiger partial charge in [-0.25, -0.2) is 9.18 Å². The first-order chi connectivity index (χ1) is 11.6. The number of urea groups is 1. The molecule has 0 aliphatic carbocycles. The molecule has 0 aromatic heterocycles. The Kier molecular flexibility index (Phi) is 5.30. The zero-order chi connectivity index (χ0) is 16.9. The zero-order valence-electron chi connectivity index (χ0n) is 13.5. The fourth-order valence-electron chi connectivity index (χ4n) is 3.02. The molecular formula is C17H22FN3O3. The SMILES string of the molecule is O=C(C[C@@H]1CCCO1)N1CCN(C(=O)Nc2ccc(F)cc2)CC1. The van der Waals surface area contributed by atoms with E-state index in [9.17, 15) is 14.0 Å². The van der Waals surface area contributed by atoms with Gasteiger partial charge in [-0.3, -0.25) is 4.79 Å². The van der Waals surface area contributed by atoms with Gasteiger partial charge in [0.05, 0.1) is 12.5 Å². The first-order valence-corrected chi connectivity index (χ1v) is 8.33. The molecule has 1 aromatic rings. The summed E-state index contributed by atoms with van der Waals surface area (Å²) in [6.07, 6.45) is 2.46. The van der Waals surface area contributed by atoms with Crippen molar-refractivity contribution in [2.75, 3.05) is 38.1 Å². The summed E-state index contributed by atoms with van der Waals surface area (Å²) >= 11 is 0. The normalized spacial score (nSPS) is 21.0. The van der Waals surface area contributed by atoms with Crippen LogP contribution in [0.2, 0.25) is 0 Å². The monoisotopic (exact) mass is 335 g/mol. The van der Waals surface area contributed by atoms with E-state index in [1.807, 2.05) is 0 Å². The van der Waals surface area contributed by atoms with E-state index in [0.717, 1.165) is 19.4 Å². The van der Waals surface area contributed by atoms with Gasteiger partial charge in [-0.2, -0.15) is 0 Å². The number of amides is 3. The molecule has 7 heteroatoms. The predicted molar refractivity (Wildman–Crippen MR) is 87.2 cm³/mol. The van der Waals surface area contributed by atoms with Gasteiger partial charge < -0.3 is 19.9 Å². The van der Waals surface area contributed by atoms with Crippen molar-refractivity contribution in [3.63, 3.8) is 0 Å². The summed E-state index contributed by atoms with van der Waals surface area (Å²) in [6, 6.07) is 5.42. The molecule has 0 bridgehead atoms. The lowest BCUT2D eigenvalue weighted by Crippen LogP contribution is -2.52. The van der Waals surface area contributed by atoms with Crippen LogP contribution in [0.1, 0.15) is 19.3 Å². The molecule has 2 aliphatic rings. The van der Waals surface area contributed by atoms with Crippen molar-refractivity contribution >= 4 is 17.6 Å². The van der Waals surface area contributed by atoms with Crippen LogP contribution >= 0.6 is 0 Å². The van der Waals surface area contributed by atoms with E-state index in [0.29, 0.717) is 38.3 Å². The molecule has 2 heterocycles. The third-order valence-corrected chi connectivity index (χ3v) is 4.44. The van der Waals surface area contributed by atoms with Gasteiger partial charge in [-0.15, -0.1) is 0 Å². The van der Waals surface area contributed by atoms with Crippen molar-refractivity contribution in [3.8, 4) is 0 Å². The van der Waals surface area contributed by atoms with Crippen LogP contribution in [-0.4, -0.2) is 60.6 Å². The Balaban J connectivity index is 1.44. The van der Waals surface area contributed by atoms with E-state index < -0.39 is 0 Å². The highest BCUT2D eigenvalue weighted by Gasteiger charge is 2.27. The summed E-state index contributed by atoms with van der Waals surface area (Å²) in [5, 5.41) is 2.74. The molecule has 3 rings (SSSR count). The van der Waals surface area contributed by atoms with E-state index in [1.54, 1.807) is 9.80 Å². The standard InChI is InChI=1S/C17H22FN3O3/c18-13-3-5-14(6-4-13)19-17(23)21-9-7-20(8-10-21)16(22)12-15-2-1-11-24-15/h3-6,15H,1-2,7-12H2,(H,19,23)/t15-/m0/s1. The second kappa shape index (κ2) is 7.61. The molecule has 2 saturated heterocycles. The van der Waals surface area contributed by atoms with E-state index >= 15 is 0 Å². The van der Waals surface area contributed by atoms with Crippen molar-refractivity contribution in [1.82, 2.24) is 9.80 Å². The van der Waals surface area contributed by atoms with Gasteiger partial charge in [0.15, 0.2) is 0 Å². The largest absolute Gasteiger partial charge is 0.378 e. The lowest BCUT2D eigenvalue weighted by atomic mass is 10.1. The van der Waals surface area contributed by atoms with E-state index in [1.165, 1.54) is 24.3 Å². The molecular weight excluding hydrogens is 313 g/mol. The molecule has 2 fully saturated rings. The van der Waals surface area contributed by atoms with Crippen LogP contribution in [0.5, 0.6) is 0 Å². The molecule has 1 N–H and O–H groups in total. The molecule has 1 atom stereocenters. The van der Waals surface area contributed by atoms with Crippen LogP contribution in [0, 0.1) is 5.82 Å². The minimum atomic E-state index is -0.341. The minimum Gasteiger partial charge on any atom is -0.378 e. The fourth-order valence-corrected chi connectivity index (χ4v) is 3.02. The minimum absolute atomic E-state index is 0.0531. The molecule has 0 radical (unpaired) electrons. The number of halogens is 1. The molecule has 1 aromatic carbocycles. The Morgan fingerprint density at radius 3 is 2.42 bits per heavy atom. The smallest absolute Gasteiger partial charge is 0.321 e. The van der Waals surface area contributed by atoms with Crippen LogP contribution in [0.4, 0.5) is 14.9 Å². The van der Waals surface area contributed by atoms with E-state index in [4.69, 9.17) is 4.74 Å². The first kappa shape index (κ1) is 16.7. The number of rotatable bonds is 3. The summed E-state index contributed by atoms with van der Waals surface area (Å²) in [7, 11) is 0. The molecule has 24 heavy (non-hydrogen) atoms. The van der Waals surface area contributed by atoms with Crippen LogP contribution in [0.25, 0.3) is 0 Å². The maximum absolute atomic E-state index is 12.9. The fraction of sp³-hybridized carbons (Fsp3) is 0.529. The Morgan fingerprint density at radius 2 is 1.79 bits per heavy atom. The summed E-state index contributed by atoms with van der Waals surface area (Å²) in [6.45, 7) is 2.79. The van der Waals surface area contributed by atoms with Crippen molar-refractivity contribution in [3.05, 3.63) is 30.1 Å². The number of nitrogens with zero attached hydrogens (tertiary/aromatic N) is 2. The highest BCUT2D eigenvalue weighted by molar-refractivity contribution is 5.89. The highest BCUT2D eigenvalue weighted by atomic mass is 19.1. The predicted octanol–water partition coefficient (Wildman–Crippen LogP) is 2.07. The van der Waals surface area contributed by atoms with E-state index in [2.05, 4.69) is 5.32 Å². The maximum Gasteiger partial charge on any atom is 0.321 e. The Bertz CT molecular complexity index is 579. The third-order valence-electron chi connectivity index (χ3n) is 4.44. The molecule has 6 nitrogen and oxygen atoms in total. The number of piperazine rings is 1. The lowest BCUT2D eigenvalue weighted by molar-refractivity contribution is -0.134. The Morgan fingerprint density at radius 1 is 1.12 bits per heavy atom. The average molecular weight is 335 g/mol. The van der Waals surface area contributed by atoms with Crippen molar-refractivity contribution in [2.45, 2.75) is 25.4 Å². The molecule has 0 spiro atoms. The number of hydrogen-bond acceptors (Lipinski definition) is 3. The number of carbonyl (C=O) groups excluding carboxylic acids is 2. The molecule has 3 amide bonds. The summed E-state index contributed by atoms with van der Waals surface area (Å²) in [4.78, 5) is 27.9. The van der Waals surface area contributed by atoms with Gasteiger partial charge in [-0.1, -0.05) is 0 Å². The number of anilines is 1. The average Bonchev–Trinajstić information content (AvgIpc) is 3.10. The summed E-state index contributed by atoms with van der Waals surface area (Å²) < 4.78 is 18.4. The summed E-state index contributed by atoms with van der Waals surface area (Å²) in [5.74, 6) is -0.244. The first-order valence-electron chi connectivity index (χ1n) is 8.33. The number of hydrogen-bond donors (Lipinski definition) is 1. The second-order valence-corrected chi connectivity index (χ2v) is 6.14. The van der Waals surface area contributed by atoms with Crippen LogP contribution < -0.4 is 5.32 Å². The number of nitrogens with one attached hydrogen (secondary N) is 1. The molecule has 0 saturated carbocycles. The van der Waals surface area contributed by atoms with Gasteiger partial charge >= 0.3 is 6.03 Å². The van der Waals surface area contributed by atoms with Gasteiger partial charge in [0, 0.05) is 38.5 Å². The van der Waals surface area contributed by atoms with Crippen molar-refractivity contribution in [2.24, 2.45) is 0 Å². The molecule has 0 unspecified atom stereocenters. The van der Waals surface area contributed by atoms with Gasteiger partial charge in [-0.05, 0) is 37.1 Å². The highest BCUT2D eigenvalue weighted by Crippen LogP contribution is 2.17. The molecule has 130 valence electrons. The van der Waals surface area contributed by atoms with Crippen molar-refractivity contribution in [1.29, 1.82) is 0 Å². The third kappa shape index (κ3) is 4.23. The van der Waals surface area contributed by atoms with Gasteiger partial charge in [0.25, 0.3) is 0 Å². The Hall–Kier alpha value is -2.15.